The molecule has 0 bridgehead atoms. The molecular weight excluding hydrogens is 472 g/mol. The van der Waals surface area contributed by atoms with E-state index in [9.17, 15) is 9.59 Å². The lowest BCUT2D eigenvalue weighted by Crippen LogP contribution is -2.55. The van der Waals surface area contributed by atoms with Crippen molar-refractivity contribution in [2.45, 2.75) is 126 Å². The summed E-state index contributed by atoms with van der Waals surface area (Å²) >= 11 is 0. The summed E-state index contributed by atoms with van der Waals surface area (Å²) in [4.78, 5) is 23.9. The molecule has 0 aromatic heterocycles. The summed E-state index contributed by atoms with van der Waals surface area (Å²) in [6, 6.07) is 0. The maximum Gasteiger partial charge on any atom is 0.312 e. The Labute approximate surface area is 232 Å². The van der Waals surface area contributed by atoms with Gasteiger partial charge in [-0.1, -0.05) is 64.8 Å². The van der Waals surface area contributed by atoms with Gasteiger partial charge in [-0.2, -0.15) is 0 Å². The first kappa shape index (κ1) is 29.4. The monoisotopic (exact) mass is 526 g/mol. The Balaban J connectivity index is 1.55. The maximum absolute atomic E-state index is 12.0. The molecule has 0 saturated heterocycles. The van der Waals surface area contributed by atoms with E-state index in [2.05, 4.69) is 48.1 Å². The van der Waals surface area contributed by atoms with Crippen molar-refractivity contribution in [1.82, 2.24) is 0 Å². The van der Waals surface area contributed by atoms with Crippen LogP contribution in [0, 0.1) is 45.3 Å². The van der Waals surface area contributed by atoms with Crippen molar-refractivity contribution in [3.8, 4) is 0 Å². The molecule has 38 heavy (non-hydrogen) atoms. The second kappa shape index (κ2) is 10.1. The topological polar surface area (TPSA) is 52.6 Å². The molecule has 0 aromatic rings. The number of methoxy groups -OCH3 is 1. The first-order valence-electron chi connectivity index (χ1n) is 15.3. The van der Waals surface area contributed by atoms with Crippen molar-refractivity contribution in [3.05, 3.63) is 23.3 Å². The van der Waals surface area contributed by atoms with E-state index in [4.69, 9.17) is 9.47 Å². The lowest BCUT2D eigenvalue weighted by atomic mass is 9.43. The number of hydrogen-bond acceptors (Lipinski definition) is 4. The molecule has 0 spiro atoms. The van der Waals surface area contributed by atoms with Gasteiger partial charge in [-0.25, -0.2) is 0 Å². The molecule has 0 aliphatic heterocycles. The van der Waals surface area contributed by atoms with Crippen LogP contribution in [0.4, 0.5) is 0 Å². The Bertz CT molecular complexity index is 1010. The Morgan fingerprint density at radius 1 is 0.974 bits per heavy atom. The van der Waals surface area contributed by atoms with Crippen molar-refractivity contribution in [2.75, 3.05) is 7.11 Å². The number of carbonyl (C=O) groups excluding carboxylic acids is 2. The van der Waals surface area contributed by atoms with E-state index in [0.29, 0.717) is 23.2 Å². The quantitative estimate of drug-likeness (QED) is 0.247. The average molecular weight is 527 g/mol. The van der Waals surface area contributed by atoms with E-state index in [1.165, 1.54) is 45.6 Å². The number of carbonyl (C=O) groups is 2. The van der Waals surface area contributed by atoms with Gasteiger partial charge in [0, 0.05) is 12.3 Å². The van der Waals surface area contributed by atoms with Gasteiger partial charge in [-0.3, -0.25) is 9.59 Å². The lowest BCUT2D eigenvalue weighted by Gasteiger charge is -2.62. The predicted molar refractivity (Wildman–Crippen MR) is 153 cm³/mol. The van der Waals surface area contributed by atoms with Gasteiger partial charge in [0.05, 0.1) is 13.0 Å². The van der Waals surface area contributed by atoms with Gasteiger partial charge < -0.3 is 9.47 Å². The molecule has 214 valence electrons. The zero-order valence-corrected chi connectivity index (χ0v) is 25.8. The van der Waals surface area contributed by atoms with Crippen LogP contribution in [-0.2, 0) is 19.1 Å². The first-order chi connectivity index (χ1) is 17.6. The van der Waals surface area contributed by atoms with Gasteiger partial charge in [0.25, 0.3) is 0 Å². The highest BCUT2D eigenvalue weighted by Gasteiger charge is 2.63. The highest BCUT2D eigenvalue weighted by Crippen LogP contribution is 2.72. The molecule has 0 radical (unpaired) electrons. The summed E-state index contributed by atoms with van der Waals surface area (Å²) in [6.45, 7) is 22.6. The summed E-state index contributed by atoms with van der Waals surface area (Å²) in [7, 11) is 1.46. The van der Waals surface area contributed by atoms with Crippen LogP contribution in [0.1, 0.15) is 120 Å². The van der Waals surface area contributed by atoms with Crippen LogP contribution in [0.5, 0.6) is 0 Å². The molecular formula is C34H54O4. The van der Waals surface area contributed by atoms with Crippen molar-refractivity contribution >= 4 is 11.9 Å². The Hall–Kier alpha value is -1.58. The van der Waals surface area contributed by atoms with Crippen LogP contribution in [-0.4, -0.2) is 25.2 Å². The summed E-state index contributed by atoms with van der Waals surface area (Å²) in [5, 5.41) is 0. The third-order valence-electron chi connectivity index (χ3n) is 12.8. The molecule has 2 fully saturated rings. The fraction of sp³-hybridized carbons (Fsp3) is 0.824. The second-order valence-corrected chi connectivity index (χ2v) is 14.7. The van der Waals surface area contributed by atoms with Crippen molar-refractivity contribution in [1.29, 1.82) is 0 Å². The molecule has 4 nitrogen and oxygen atoms in total. The number of rotatable bonds is 7. The maximum atomic E-state index is 12.0. The molecule has 0 amide bonds. The fourth-order valence-corrected chi connectivity index (χ4v) is 10.2. The highest BCUT2D eigenvalue weighted by atomic mass is 16.5. The van der Waals surface area contributed by atoms with E-state index < -0.39 is 0 Å². The summed E-state index contributed by atoms with van der Waals surface area (Å²) < 4.78 is 10.8. The van der Waals surface area contributed by atoms with E-state index in [1.54, 1.807) is 18.1 Å². The summed E-state index contributed by atoms with van der Waals surface area (Å²) in [5.41, 5.74) is 5.36. The minimum atomic E-state index is -0.227. The number of esters is 2. The largest absolute Gasteiger partial charge is 0.469 e. The predicted octanol–water partition coefficient (Wildman–Crippen LogP) is 8.45. The van der Waals surface area contributed by atoms with Gasteiger partial charge >= 0.3 is 11.9 Å². The van der Waals surface area contributed by atoms with Crippen molar-refractivity contribution < 1.29 is 19.1 Å². The van der Waals surface area contributed by atoms with Gasteiger partial charge in [0.1, 0.15) is 6.10 Å². The van der Waals surface area contributed by atoms with Crippen LogP contribution in [0.2, 0.25) is 0 Å². The molecule has 0 aromatic carbocycles. The Morgan fingerprint density at radius 3 is 2.29 bits per heavy atom. The smallest absolute Gasteiger partial charge is 0.312 e. The molecule has 8 atom stereocenters. The van der Waals surface area contributed by atoms with Crippen molar-refractivity contribution in [2.24, 2.45) is 45.3 Å². The van der Waals surface area contributed by atoms with E-state index >= 15 is 0 Å². The Morgan fingerprint density at radius 2 is 1.66 bits per heavy atom. The minimum Gasteiger partial charge on any atom is -0.469 e. The van der Waals surface area contributed by atoms with E-state index in [0.717, 1.165) is 31.3 Å². The molecule has 4 aliphatic rings. The number of hydrogen-bond donors (Lipinski definition) is 0. The molecule has 4 rings (SSSR count). The van der Waals surface area contributed by atoms with Gasteiger partial charge in [-0.15, -0.1) is 0 Å². The molecule has 0 N–H and O–H groups in total. The average Bonchev–Trinajstić information content (AvgIpc) is 3.14. The number of allylic oxidation sites excluding steroid dienone is 2. The molecule has 4 heteroatoms. The first-order valence-corrected chi connectivity index (χ1v) is 15.3. The number of fused-ring (bicyclic) bond motifs is 4. The third-order valence-corrected chi connectivity index (χ3v) is 12.8. The van der Waals surface area contributed by atoms with Crippen LogP contribution in [0.3, 0.4) is 0 Å². The zero-order valence-electron chi connectivity index (χ0n) is 25.8. The van der Waals surface area contributed by atoms with Gasteiger partial charge in [0.15, 0.2) is 0 Å². The van der Waals surface area contributed by atoms with Crippen LogP contribution in [0.15, 0.2) is 23.3 Å². The zero-order chi connectivity index (χ0) is 28.3. The van der Waals surface area contributed by atoms with Crippen molar-refractivity contribution in [3.63, 3.8) is 0 Å². The molecule has 0 heterocycles. The standard InChI is InChI=1S/C34H54O4/c1-21(23(3)30(36)37-10)11-12-22(2)25-15-19-34(9)27-13-14-28-31(5,6)29(38-24(4)35)17-18-32(28,7)26(27)16-20-33(25,34)8/h22-23,25,28-29H,1,11-20H2,2-10H3/t22-,23?,25-,28+,29+,32-,33-,34+/m1/s1. The van der Waals surface area contributed by atoms with Gasteiger partial charge in [0.2, 0.25) is 0 Å². The molecule has 4 aliphatic carbocycles. The molecule has 1 unspecified atom stereocenters. The van der Waals surface area contributed by atoms with E-state index in [1.807, 2.05) is 6.92 Å². The summed E-state index contributed by atoms with van der Waals surface area (Å²) in [6.07, 6.45) is 11.6. The summed E-state index contributed by atoms with van der Waals surface area (Å²) in [5.74, 6) is 1.32. The number of ether oxygens (including phenoxy) is 2. The van der Waals surface area contributed by atoms with Crippen LogP contribution >= 0.6 is 0 Å². The minimum absolute atomic E-state index is 0.00465. The SMILES string of the molecule is C=C(CC[C@@H](C)[C@H]1CC[C@@]2(C)C3=C(CC[C@]12C)[C@@]1(C)CC[C@H](OC(C)=O)C(C)(C)[C@@H]1CC3)C(C)C(=O)OC. The van der Waals surface area contributed by atoms with Crippen LogP contribution < -0.4 is 0 Å². The highest BCUT2D eigenvalue weighted by molar-refractivity contribution is 5.74. The molecule has 2 saturated carbocycles. The Kier molecular flexibility index (Phi) is 7.82. The van der Waals surface area contributed by atoms with Crippen LogP contribution in [0.25, 0.3) is 0 Å². The second-order valence-electron chi connectivity index (χ2n) is 14.7. The fourth-order valence-electron chi connectivity index (χ4n) is 10.2. The lowest BCUT2D eigenvalue weighted by molar-refractivity contribution is -0.167. The normalized spacial score (nSPS) is 39.3. The van der Waals surface area contributed by atoms with E-state index in [-0.39, 0.29) is 40.2 Å². The van der Waals surface area contributed by atoms with Gasteiger partial charge in [-0.05, 0) is 105 Å². The third kappa shape index (κ3) is 4.40.